The normalized spacial score (nSPS) is 15.5. The van der Waals surface area contributed by atoms with E-state index in [0.717, 1.165) is 65.1 Å². The van der Waals surface area contributed by atoms with Gasteiger partial charge < -0.3 is 15.4 Å². The van der Waals surface area contributed by atoms with Crippen molar-refractivity contribution < 1.29 is 4.74 Å². The minimum Gasteiger partial charge on any atom is -0.493 e. The zero-order valence-electron chi connectivity index (χ0n) is 19.5. The Hall–Kier alpha value is -3.18. The van der Waals surface area contributed by atoms with E-state index in [0.29, 0.717) is 18.1 Å². The highest BCUT2D eigenvalue weighted by Gasteiger charge is 2.34. The summed E-state index contributed by atoms with van der Waals surface area (Å²) in [6.45, 7) is 13.7. The number of likely N-dealkylation sites (tertiary alicyclic amines) is 1. The number of nitrogen functional groups attached to an aromatic ring is 1. The summed E-state index contributed by atoms with van der Waals surface area (Å²) in [5, 5.41) is 15.5. The monoisotopic (exact) mass is 433 g/mol. The molecule has 1 unspecified atom stereocenters. The SMILES string of the molecule is CCCN1CC(c2c(C#N)c(C)cc(C(C)n3nc(C)c4c(N)ncnc43)c2OCC)C1. The molecule has 1 fully saturated rings. The Morgan fingerprint density at radius 3 is 2.69 bits per heavy atom. The molecule has 0 saturated carbocycles. The standard InChI is InChI=1S/C24H31N7O/c1-6-8-30-11-17(12-30)21-19(10-25)14(3)9-18(22(21)32-7-2)16(5)31-24-20(15(4)29-31)23(26)27-13-28-24/h9,13,16-17H,6-8,11-12H2,1-5H3,(H2,26,27,28). The number of nitrogens with zero attached hydrogens (tertiary/aromatic N) is 6. The molecule has 8 heteroatoms. The predicted molar refractivity (Wildman–Crippen MR) is 125 cm³/mol. The zero-order valence-corrected chi connectivity index (χ0v) is 19.5. The number of nitrogens with two attached hydrogens (primary N) is 1. The van der Waals surface area contributed by atoms with Crippen molar-refractivity contribution >= 4 is 16.9 Å². The fourth-order valence-corrected chi connectivity index (χ4v) is 4.83. The van der Waals surface area contributed by atoms with Gasteiger partial charge in [-0.3, -0.25) is 0 Å². The first-order chi connectivity index (χ1) is 15.4. The van der Waals surface area contributed by atoms with Crippen molar-refractivity contribution in [1.29, 1.82) is 5.26 Å². The van der Waals surface area contributed by atoms with Gasteiger partial charge in [-0.2, -0.15) is 10.4 Å². The minimum atomic E-state index is -0.154. The summed E-state index contributed by atoms with van der Waals surface area (Å²) in [4.78, 5) is 11.0. The Morgan fingerprint density at radius 2 is 2.03 bits per heavy atom. The van der Waals surface area contributed by atoms with Crippen molar-refractivity contribution in [2.75, 3.05) is 32.0 Å². The van der Waals surface area contributed by atoms with E-state index in [9.17, 15) is 5.26 Å². The third-order valence-electron chi connectivity index (χ3n) is 6.36. The van der Waals surface area contributed by atoms with Crippen LogP contribution in [-0.4, -0.2) is 50.9 Å². The van der Waals surface area contributed by atoms with Crippen molar-refractivity contribution in [3.05, 3.63) is 40.3 Å². The van der Waals surface area contributed by atoms with Crippen LogP contribution in [0.15, 0.2) is 12.4 Å². The number of anilines is 1. The van der Waals surface area contributed by atoms with E-state index in [2.05, 4.69) is 40.9 Å². The average Bonchev–Trinajstić information content (AvgIpc) is 3.08. The van der Waals surface area contributed by atoms with Gasteiger partial charge in [-0.05, 0) is 52.3 Å². The smallest absolute Gasteiger partial charge is 0.164 e. The minimum absolute atomic E-state index is 0.154. The Balaban J connectivity index is 1.86. The molecular formula is C24H31N7O. The van der Waals surface area contributed by atoms with E-state index in [4.69, 9.17) is 15.6 Å². The quantitative estimate of drug-likeness (QED) is 0.605. The first kappa shape index (κ1) is 22.0. The van der Waals surface area contributed by atoms with Gasteiger partial charge in [0.1, 0.15) is 17.9 Å². The van der Waals surface area contributed by atoms with Crippen LogP contribution in [0, 0.1) is 25.2 Å². The number of fused-ring (bicyclic) bond motifs is 1. The molecule has 0 radical (unpaired) electrons. The van der Waals surface area contributed by atoms with Crippen LogP contribution >= 0.6 is 0 Å². The van der Waals surface area contributed by atoms with E-state index in [1.165, 1.54) is 6.33 Å². The highest BCUT2D eigenvalue weighted by molar-refractivity contribution is 5.88. The Morgan fingerprint density at radius 1 is 1.28 bits per heavy atom. The van der Waals surface area contributed by atoms with Crippen LogP contribution in [-0.2, 0) is 0 Å². The molecule has 0 spiro atoms. The van der Waals surface area contributed by atoms with E-state index < -0.39 is 0 Å². The molecule has 0 amide bonds. The number of hydrogen-bond donors (Lipinski definition) is 1. The molecule has 1 aliphatic rings. The fourth-order valence-electron chi connectivity index (χ4n) is 4.83. The second kappa shape index (κ2) is 8.75. The lowest BCUT2D eigenvalue weighted by Crippen LogP contribution is -2.45. The van der Waals surface area contributed by atoms with Gasteiger partial charge in [-0.25, -0.2) is 14.6 Å². The number of rotatable bonds is 7. The summed E-state index contributed by atoms with van der Waals surface area (Å²) >= 11 is 0. The molecule has 3 aromatic rings. The molecule has 4 rings (SSSR count). The molecule has 1 aliphatic heterocycles. The summed E-state index contributed by atoms with van der Waals surface area (Å²) in [6.07, 6.45) is 2.60. The second-order valence-corrected chi connectivity index (χ2v) is 8.57. The van der Waals surface area contributed by atoms with Crippen molar-refractivity contribution in [2.45, 2.75) is 53.0 Å². The van der Waals surface area contributed by atoms with Crippen molar-refractivity contribution in [1.82, 2.24) is 24.6 Å². The lowest BCUT2D eigenvalue weighted by atomic mass is 9.83. The molecule has 168 valence electrons. The predicted octanol–water partition coefficient (Wildman–Crippen LogP) is 3.71. The maximum Gasteiger partial charge on any atom is 0.164 e. The van der Waals surface area contributed by atoms with Gasteiger partial charge in [0.15, 0.2) is 5.65 Å². The van der Waals surface area contributed by atoms with Gasteiger partial charge in [-0.15, -0.1) is 0 Å². The Bertz CT molecular complexity index is 1190. The Labute approximate surface area is 189 Å². The number of benzene rings is 1. The second-order valence-electron chi connectivity index (χ2n) is 8.57. The van der Waals surface area contributed by atoms with Gasteiger partial charge in [0.05, 0.1) is 35.4 Å². The molecule has 8 nitrogen and oxygen atoms in total. The number of aromatic nitrogens is 4. The summed E-state index contributed by atoms with van der Waals surface area (Å²) < 4.78 is 8.12. The molecular weight excluding hydrogens is 402 g/mol. The summed E-state index contributed by atoms with van der Waals surface area (Å²) in [7, 11) is 0. The highest BCUT2D eigenvalue weighted by Crippen LogP contribution is 2.43. The molecule has 2 aromatic heterocycles. The topological polar surface area (TPSA) is 106 Å². The Kier molecular flexibility index (Phi) is 6.02. The first-order valence-corrected chi connectivity index (χ1v) is 11.3. The van der Waals surface area contributed by atoms with E-state index in [-0.39, 0.29) is 12.0 Å². The van der Waals surface area contributed by atoms with E-state index in [1.807, 2.05) is 25.5 Å². The van der Waals surface area contributed by atoms with Crippen LogP contribution in [0.2, 0.25) is 0 Å². The molecule has 0 aliphatic carbocycles. The van der Waals surface area contributed by atoms with Gasteiger partial charge in [-0.1, -0.05) is 6.92 Å². The maximum absolute atomic E-state index is 9.98. The van der Waals surface area contributed by atoms with Crippen LogP contribution in [0.1, 0.15) is 67.1 Å². The van der Waals surface area contributed by atoms with Crippen molar-refractivity contribution in [3.63, 3.8) is 0 Å². The van der Waals surface area contributed by atoms with Crippen LogP contribution in [0.4, 0.5) is 5.82 Å². The average molecular weight is 434 g/mol. The molecule has 1 atom stereocenters. The van der Waals surface area contributed by atoms with Crippen LogP contribution in [0.3, 0.4) is 0 Å². The molecule has 0 bridgehead atoms. The van der Waals surface area contributed by atoms with Gasteiger partial charge in [0.2, 0.25) is 0 Å². The number of ether oxygens (including phenoxy) is 1. The van der Waals surface area contributed by atoms with Gasteiger partial charge in [0.25, 0.3) is 0 Å². The summed E-state index contributed by atoms with van der Waals surface area (Å²) in [6, 6.07) is 4.36. The highest BCUT2D eigenvalue weighted by atomic mass is 16.5. The summed E-state index contributed by atoms with van der Waals surface area (Å²) in [5.41, 5.74) is 11.3. The van der Waals surface area contributed by atoms with Crippen molar-refractivity contribution in [3.8, 4) is 11.8 Å². The maximum atomic E-state index is 9.98. The molecule has 2 N–H and O–H groups in total. The third-order valence-corrected chi connectivity index (χ3v) is 6.36. The van der Waals surface area contributed by atoms with Crippen LogP contribution < -0.4 is 10.5 Å². The molecule has 3 heterocycles. The lowest BCUT2D eigenvalue weighted by Gasteiger charge is -2.41. The molecule has 1 aromatic carbocycles. The summed E-state index contributed by atoms with van der Waals surface area (Å²) in [5.74, 6) is 1.53. The van der Waals surface area contributed by atoms with E-state index in [1.54, 1.807) is 0 Å². The van der Waals surface area contributed by atoms with E-state index >= 15 is 0 Å². The number of aryl methyl sites for hydroxylation is 2. The van der Waals surface area contributed by atoms with Gasteiger partial charge in [0, 0.05) is 30.1 Å². The van der Waals surface area contributed by atoms with Crippen LogP contribution in [0.5, 0.6) is 5.75 Å². The molecule has 1 saturated heterocycles. The van der Waals surface area contributed by atoms with Gasteiger partial charge >= 0.3 is 0 Å². The first-order valence-electron chi connectivity index (χ1n) is 11.3. The number of nitriles is 1. The third kappa shape index (κ3) is 3.56. The molecule has 32 heavy (non-hydrogen) atoms. The zero-order chi connectivity index (χ0) is 23.0. The van der Waals surface area contributed by atoms with Crippen LogP contribution in [0.25, 0.3) is 11.0 Å². The number of hydrogen-bond acceptors (Lipinski definition) is 7. The lowest BCUT2D eigenvalue weighted by molar-refractivity contribution is 0.145. The van der Waals surface area contributed by atoms with Crippen molar-refractivity contribution in [2.24, 2.45) is 0 Å². The largest absolute Gasteiger partial charge is 0.493 e. The fraction of sp³-hybridized carbons (Fsp3) is 0.500.